The summed E-state index contributed by atoms with van der Waals surface area (Å²) >= 11 is 0. The Labute approximate surface area is 108 Å². The molecule has 0 bridgehead atoms. The molecule has 0 aliphatic rings. The highest BCUT2D eigenvalue weighted by molar-refractivity contribution is 5.96. The van der Waals surface area contributed by atoms with E-state index in [0.29, 0.717) is 17.7 Å². The zero-order valence-electron chi connectivity index (χ0n) is 11.2. The van der Waals surface area contributed by atoms with Crippen molar-refractivity contribution in [2.24, 2.45) is 0 Å². The summed E-state index contributed by atoms with van der Waals surface area (Å²) in [6, 6.07) is 7.02. The van der Waals surface area contributed by atoms with Crippen LogP contribution in [0.2, 0.25) is 0 Å². The normalized spacial score (nSPS) is 13.8. The summed E-state index contributed by atoms with van der Waals surface area (Å²) in [5, 5.41) is 12.7. The third-order valence-electron chi connectivity index (χ3n) is 2.77. The Morgan fingerprint density at radius 2 is 2.11 bits per heavy atom. The Morgan fingerprint density at radius 3 is 2.72 bits per heavy atom. The summed E-state index contributed by atoms with van der Waals surface area (Å²) in [5.41, 5.74) is -0.390. The predicted molar refractivity (Wildman–Crippen MR) is 70.9 cm³/mol. The first-order valence-corrected chi connectivity index (χ1v) is 6.14. The summed E-state index contributed by atoms with van der Waals surface area (Å²) in [6.07, 6.45) is 1.52. The van der Waals surface area contributed by atoms with Gasteiger partial charge < -0.3 is 15.2 Å². The Kier molecular flexibility index (Phi) is 5.16. The second-order valence-electron chi connectivity index (χ2n) is 4.63. The summed E-state index contributed by atoms with van der Waals surface area (Å²) < 4.78 is 5.12. The predicted octanol–water partition coefficient (Wildman–Crippen LogP) is 1.98. The Bertz CT molecular complexity index is 402. The third-order valence-corrected chi connectivity index (χ3v) is 2.77. The Hall–Kier alpha value is -1.55. The van der Waals surface area contributed by atoms with Gasteiger partial charge >= 0.3 is 0 Å². The van der Waals surface area contributed by atoms with Gasteiger partial charge in [0, 0.05) is 6.54 Å². The number of carbonyl (C=O) groups is 1. The second-order valence-corrected chi connectivity index (χ2v) is 4.63. The molecule has 100 valence electrons. The van der Waals surface area contributed by atoms with E-state index < -0.39 is 5.60 Å². The van der Waals surface area contributed by atoms with Gasteiger partial charge in [-0.05, 0) is 25.5 Å². The summed E-state index contributed by atoms with van der Waals surface area (Å²) in [7, 11) is 1.53. The monoisotopic (exact) mass is 251 g/mol. The first kappa shape index (κ1) is 14.5. The van der Waals surface area contributed by atoms with Gasteiger partial charge in [0.05, 0.1) is 18.3 Å². The van der Waals surface area contributed by atoms with E-state index in [2.05, 4.69) is 5.32 Å². The standard InChI is InChI=1S/C14H21NO3/c1-4-9-14(2,17)10-15-13(16)11-7-5-6-8-12(11)18-3/h5-8,17H,4,9-10H2,1-3H3,(H,15,16). The number of nitrogens with one attached hydrogen (secondary N) is 1. The minimum absolute atomic E-state index is 0.233. The van der Waals surface area contributed by atoms with Crippen LogP contribution in [0.3, 0.4) is 0 Å². The number of rotatable bonds is 6. The van der Waals surface area contributed by atoms with Gasteiger partial charge in [-0.2, -0.15) is 0 Å². The van der Waals surface area contributed by atoms with Crippen LogP contribution in [0.15, 0.2) is 24.3 Å². The number of carbonyl (C=O) groups excluding carboxylic acids is 1. The van der Waals surface area contributed by atoms with E-state index in [1.54, 1.807) is 25.1 Å². The molecule has 0 heterocycles. The van der Waals surface area contributed by atoms with Crippen LogP contribution >= 0.6 is 0 Å². The van der Waals surface area contributed by atoms with E-state index >= 15 is 0 Å². The first-order chi connectivity index (χ1) is 8.50. The molecule has 4 nitrogen and oxygen atoms in total. The minimum atomic E-state index is -0.869. The first-order valence-electron chi connectivity index (χ1n) is 6.14. The quantitative estimate of drug-likeness (QED) is 0.812. The molecule has 1 unspecified atom stereocenters. The zero-order valence-corrected chi connectivity index (χ0v) is 11.2. The Balaban J connectivity index is 2.66. The molecule has 0 fully saturated rings. The molecule has 4 heteroatoms. The molecule has 1 aromatic rings. The molecule has 0 saturated carbocycles. The van der Waals surface area contributed by atoms with Crippen LogP contribution in [0.4, 0.5) is 0 Å². The summed E-state index contributed by atoms with van der Waals surface area (Å²) in [5.74, 6) is 0.300. The second kappa shape index (κ2) is 6.40. The van der Waals surface area contributed by atoms with Crippen molar-refractivity contribution in [3.8, 4) is 5.75 Å². The topological polar surface area (TPSA) is 58.6 Å². The van der Waals surface area contributed by atoms with Crippen LogP contribution in [0.5, 0.6) is 5.75 Å². The van der Waals surface area contributed by atoms with Crippen molar-refractivity contribution in [1.82, 2.24) is 5.32 Å². The van der Waals surface area contributed by atoms with Crippen molar-refractivity contribution >= 4 is 5.91 Å². The van der Waals surface area contributed by atoms with Gasteiger partial charge in [-0.1, -0.05) is 25.5 Å². The number of hydrogen-bond acceptors (Lipinski definition) is 3. The van der Waals surface area contributed by atoms with Gasteiger partial charge in [-0.25, -0.2) is 0 Å². The van der Waals surface area contributed by atoms with Crippen LogP contribution in [0.1, 0.15) is 37.0 Å². The fourth-order valence-electron chi connectivity index (χ4n) is 1.83. The maximum Gasteiger partial charge on any atom is 0.255 e. The molecule has 0 aromatic heterocycles. The van der Waals surface area contributed by atoms with Gasteiger partial charge in [0.2, 0.25) is 0 Å². The van der Waals surface area contributed by atoms with Gasteiger partial charge in [0.1, 0.15) is 5.75 Å². The molecule has 1 amide bonds. The molecular formula is C14H21NO3. The van der Waals surface area contributed by atoms with Crippen molar-refractivity contribution in [3.05, 3.63) is 29.8 Å². The summed E-state index contributed by atoms with van der Waals surface area (Å²) in [4.78, 5) is 12.0. The van der Waals surface area contributed by atoms with E-state index in [1.165, 1.54) is 7.11 Å². The van der Waals surface area contributed by atoms with Crippen LogP contribution in [-0.4, -0.2) is 30.3 Å². The van der Waals surface area contributed by atoms with E-state index in [-0.39, 0.29) is 12.5 Å². The van der Waals surface area contributed by atoms with Crippen molar-refractivity contribution in [2.75, 3.05) is 13.7 Å². The fraction of sp³-hybridized carbons (Fsp3) is 0.500. The maximum absolute atomic E-state index is 12.0. The smallest absolute Gasteiger partial charge is 0.255 e. The van der Waals surface area contributed by atoms with E-state index in [9.17, 15) is 9.90 Å². The van der Waals surface area contributed by atoms with Crippen molar-refractivity contribution in [3.63, 3.8) is 0 Å². The molecule has 2 N–H and O–H groups in total. The maximum atomic E-state index is 12.0. The van der Waals surface area contributed by atoms with E-state index in [4.69, 9.17) is 4.74 Å². The lowest BCUT2D eigenvalue weighted by Crippen LogP contribution is -2.40. The SMILES string of the molecule is CCCC(C)(O)CNC(=O)c1ccccc1OC. The largest absolute Gasteiger partial charge is 0.496 e. The van der Waals surface area contributed by atoms with Crippen LogP contribution in [0.25, 0.3) is 0 Å². The average molecular weight is 251 g/mol. The van der Waals surface area contributed by atoms with Gasteiger partial charge in [0.15, 0.2) is 0 Å². The lowest BCUT2D eigenvalue weighted by molar-refractivity contribution is 0.0469. The fourth-order valence-corrected chi connectivity index (χ4v) is 1.83. The number of aliphatic hydroxyl groups is 1. The highest BCUT2D eigenvalue weighted by atomic mass is 16.5. The molecular weight excluding hydrogens is 230 g/mol. The molecule has 1 atom stereocenters. The molecule has 0 radical (unpaired) electrons. The lowest BCUT2D eigenvalue weighted by Gasteiger charge is -2.23. The summed E-state index contributed by atoms with van der Waals surface area (Å²) in [6.45, 7) is 3.95. The highest BCUT2D eigenvalue weighted by Gasteiger charge is 2.21. The number of benzene rings is 1. The van der Waals surface area contributed by atoms with Crippen molar-refractivity contribution < 1.29 is 14.6 Å². The number of ether oxygens (including phenoxy) is 1. The van der Waals surface area contributed by atoms with Crippen molar-refractivity contribution in [2.45, 2.75) is 32.3 Å². The van der Waals surface area contributed by atoms with E-state index in [0.717, 1.165) is 6.42 Å². The minimum Gasteiger partial charge on any atom is -0.496 e. The van der Waals surface area contributed by atoms with E-state index in [1.807, 2.05) is 13.0 Å². The number of methoxy groups -OCH3 is 1. The Morgan fingerprint density at radius 1 is 1.44 bits per heavy atom. The van der Waals surface area contributed by atoms with Gasteiger partial charge in [-0.3, -0.25) is 4.79 Å². The van der Waals surface area contributed by atoms with Crippen molar-refractivity contribution in [1.29, 1.82) is 0 Å². The molecule has 0 aliphatic carbocycles. The number of para-hydroxylation sites is 1. The van der Waals surface area contributed by atoms with Gasteiger partial charge in [0.25, 0.3) is 5.91 Å². The molecule has 1 rings (SSSR count). The molecule has 18 heavy (non-hydrogen) atoms. The molecule has 1 aromatic carbocycles. The number of hydrogen-bond donors (Lipinski definition) is 2. The zero-order chi connectivity index (χ0) is 13.6. The molecule has 0 aliphatic heterocycles. The van der Waals surface area contributed by atoms with Crippen LogP contribution < -0.4 is 10.1 Å². The average Bonchev–Trinajstić information content (AvgIpc) is 2.36. The van der Waals surface area contributed by atoms with Crippen LogP contribution in [0, 0.1) is 0 Å². The molecule has 0 spiro atoms. The number of amides is 1. The molecule has 0 saturated heterocycles. The lowest BCUT2D eigenvalue weighted by atomic mass is 10.0. The third kappa shape index (κ3) is 4.04. The van der Waals surface area contributed by atoms with Crippen LogP contribution in [-0.2, 0) is 0 Å². The highest BCUT2D eigenvalue weighted by Crippen LogP contribution is 2.17. The van der Waals surface area contributed by atoms with Gasteiger partial charge in [-0.15, -0.1) is 0 Å².